The number of hydrogen-bond donors (Lipinski definition) is 1. The Labute approximate surface area is 160 Å². The first-order valence-corrected chi connectivity index (χ1v) is 8.88. The maximum Gasteiger partial charge on any atom is 0.149 e. The minimum Gasteiger partial charge on any atom is -0.496 e. The van der Waals surface area contributed by atoms with Crippen LogP contribution in [-0.2, 0) is 0 Å². The summed E-state index contributed by atoms with van der Waals surface area (Å²) in [5, 5.41) is 9.53. The topological polar surface area (TPSA) is 61.7 Å². The number of benzene rings is 2. The highest BCUT2D eigenvalue weighted by atomic mass is 127. The summed E-state index contributed by atoms with van der Waals surface area (Å²) in [6, 6.07) is 13.9. The summed E-state index contributed by atoms with van der Waals surface area (Å²) in [5.41, 5.74) is 3.08. The van der Waals surface area contributed by atoms with Gasteiger partial charge >= 0.3 is 0 Å². The molecule has 0 aliphatic heterocycles. The number of H-pyrrole nitrogens is 1. The number of ether oxygens (including phenoxy) is 1. The lowest BCUT2D eigenvalue weighted by Crippen LogP contribution is -1.92. The monoisotopic (exact) mass is 527 g/mol. The van der Waals surface area contributed by atoms with Crippen molar-refractivity contribution in [2.24, 2.45) is 0 Å². The largest absolute Gasteiger partial charge is 0.496 e. The number of nitrogens with one attached hydrogen (secondary N) is 1. The Bertz CT molecular complexity index is 921. The van der Waals surface area contributed by atoms with E-state index in [9.17, 15) is 5.26 Å². The van der Waals surface area contributed by atoms with Crippen LogP contribution in [0.4, 0.5) is 0 Å². The van der Waals surface area contributed by atoms with Crippen molar-refractivity contribution < 1.29 is 4.74 Å². The summed E-state index contributed by atoms with van der Waals surface area (Å²) in [7, 11) is 1.63. The van der Waals surface area contributed by atoms with Gasteiger partial charge in [0.05, 0.1) is 23.7 Å². The average molecular weight is 527 g/mol. The molecule has 0 bridgehead atoms. The van der Waals surface area contributed by atoms with E-state index in [2.05, 4.69) is 61.2 Å². The molecule has 3 aromatic rings. The number of allylic oxidation sites excluding steroid dienone is 1. The predicted octanol–water partition coefficient (Wildman–Crippen LogP) is 4.84. The van der Waals surface area contributed by atoms with Crippen molar-refractivity contribution in [2.45, 2.75) is 0 Å². The van der Waals surface area contributed by atoms with Crippen LogP contribution in [0.3, 0.4) is 0 Å². The number of hydrogen-bond acceptors (Lipinski definition) is 3. The van der Waals surface area contributed by atoms with Crippen LogP contribution in [0.1, 0.15) is 11.4 Å². The van der Waals surface area contributed by atoms with Gasteiger partial charge in [-0.2, -0.15) is 5.26 Å². The van der Waals surface area contributed by atoms with Gasteiger partial charge in [-0.3, -0.25) is 0 Å². The van der Waals surface area contributed by atoms with E-state index in [-0.39, 0.29) is 0 Å². The molecule has 6 heteroatoms. The van der Waals surface area contributed by atoms with Gasteiger partial charge in [0.1, 0.15) is 17.6 Å². The van der Waals surface area contributed by atoms with E-state index < -0.39 is 0 Å². The van der Waals surface area contributed by atoms with E-state index in [0.717, 1.165) is 29.5 Å². The summed E-state index contributed by atoms with van der Waals surface area (Å²) >= 11 is 4.53. The number of imidazole rings is 1. The van der Waals surface area contributed by atoms with Gasteiger partial charge in [-0.25, -0.2) is 4.98 Å². The molecule has 0 amide bonds. The van der Waals surface area contributed by atoms with Crippen LogP contribution < -0.4 is 4.74 Å². The molecule has 0 aliphatic carbocycles. The predicted molar refractivity (Wildman–Crippen MR) is 108 cm³/mol. The number of nitrogens with zero attached hydrogens (tertiary/aromatic N) is 2. The molecule has 0 saturated carbocycles. The molecule has 0 radical (unpaired) electrons. The third-order valence-corrected chi connectivity index (χ3v) is 6.15. The van der Waals surface area contributed by atoms with Crippen molar-refractivity contribution in [1.29, 1.82) is 5.26 Å². The molecule has 1 aromatic heterocycles. The van der Waals surface area contributed by atoms with E-state index in [1.165, 1.54) is 0 Å². The van der Waals surface area contributed by atoms with Gasteiger partial charge in [0.25, 0.3) is 0 Å². The third kappa shape index (κ3) is 3.35. The number of methoxy groups -OCH3 is 1. The minimum absolute atomic E-state index is 0.469. The van der Waals surface area contributed by atoms with Crippen molar-refractivity contribution in [2.75, 3.05) is 7.11 Å². The fourth-order valence-corrected chi connectivity index (χ4v) is 3.15. The van der Waals surface area contributed by atoms with Crippen LogP contribution in [-0.4, -0.2) is 17.1 Å². The summed E-state index contributed by atoms with van der Waals surface area (Å²) in [6.07, 6.45) is 1.80. The maximum atomic E-state index is 9.53. The van der Waals surface area contributed by atoms with Crippen molar-refractivity contribution in [1.82, 2.24) is 9.97 Å². The zero-order valence-corrected chi connectivity index (χ0v) is 16.4. The van der Waals surface area contributed by atoms with Gasteiger partial charge in [0, 0.05) is 12.7 Å². The summed E-state index contributed by atoms with van der Waals surface area (Å²) in [4.78, 5) is 7.67. The molecule has 114 valence electrons. The Morgan fingerprint density at radius 1 is 1.26 bits per heavy atom. The zero-order chi connectivity index (χ0) is 16.4. The molecular weight excluding hydrogens is 516 g/mol. The van der Waals surface area contributed by atoms with Crippen LogP contribution in [0.5, 0.6) is 5.75 Å². The van der Waals surface area contributed by atoms with Gasteiger partial charge in [0.15, 0.2) is 0 Å². The van der Waals surface area contributed by atoms with Gasteiger partial charge in [0.2, 0.25) is 0 Å². The number of fused-ring (bicyclic) bond motifs is 1. The van der Waals surface area contributed by atoms with Crippen molar-refractivity contribution >= 4 is 67.9 Å². The molecule has 3 rings (SSSR count). The molecule has 1 N–H and O–H groups in total. The van der Waals surface area contributed by atoms with E-state index >= 15 is 0 Å². The van der Waals surface area contributed by atoms with Crippen LogP contribution in [0, 0.1) is 18.5 Å². The summed E-state index contributed by atoms with van der Waals surface area (Å²) < 4.78 is 7.65. The first-order valence-electron chi connectivity index (χ1n) is 6.72. The number of para-hydroxylation sites is 2. The van der Waals surface area contributed by atoms with Crippen molar-refractivity contribution in [3.05, 3.63) is 54.9 Å². The molecule has 4 nitrogen and oxygen atoms in total. The molecule has 1 heterocycles. The highest BCUT2D eigenvalue weighted by Gasteiger charge is 2.11. The molecule has 2 aromatic carbocycles. The molecule has 23 heavy (non-hydrogen) atoms. The van der Waals surface area contributed by atoms with Crippen LogP contribution >= 0.6 is 45.2 Å². The molecule has 0 unspecified atom stereocenters. The second-order valence-corrected chi connectivity index (χ2v) is 7.11. The Hall–Kier alpha value is -1.60. The second kappa shape index (κ2) is 6.88. The smallest absolute Gasteiger partial charge is 0.149 e. The fourth-order valence-electron chi connectivity index (χ4n) is 2.22. The average Bonchev–Trinajstić information content (AvgIpc) is 2.99. The quantitative estimate of drug-likeness (QED) is 0.392. The lowest BCUT2D eigenvalue weighted by Gasteiger charge is -2.07. The number of aromatic amines is 1. The molecule has 0 aliphatic rings. The highest BCUT2D eigenvalue weighted by Crippen LogP contribution is 2.29. The first-order chi connectivity index (χ1) is 11.1. The van der Waals surface area contributed by atoms with Crippen LogP contribution in [0.25, 0.3) is 22.7 Å². The van der Waals surface area contributed by atoms with Gasteiger partial charge in [-0.15, -0.1) is 0 Å². The van der Waals surface area contributed by atoms with Gasteiger partial charge in [-0.1, -0.05) is 12.1 Å². The molecule has 0 fully saturated rings. The highest BCUT2D eigenvalue weighted by molar-refractivity contribution is 14.1. The standard InChI is InChI=1S/C17H11I2N3O/c1-23-16-8-13(19)12(18)7-10(16)6-11(9-20)17-21-14-4-2-3-5-15(14)22-17/h2-8H,1H3,(H,21,22). The molecular formula is C17H11I2N3O. The maximum absolute atomic E-state index is 9.53. The minimum atomic E-state index is 0.469. The normalized spacial score (nSPS) is 11.5. The third-order valence-electron chi connectivity index (χ3n) is 3.34. The number of aromatic nitrogens is 2. The zero-order valence-electron chi connectivity index (χ0n) is 12.1. The van der Waals surface area contributed by atoms with Crippen molar-refractivity contribution in [3.8, 4) is 11.8 Å². The number of halogens is 2. The molecule has 0 atom stereocenters. The summed E-state index contributed by atoms with van der Waals surface area (Å²) in [5.74, 6) is 1.29. The van der Waals surface area contributed by atoms with Gasteiger partial charge < -0.3 is 9.72 Å². The molecule has 0 spiro atoms. The van der Waals surface area contributed by atoms with Gasteiger partial charge in [-0.05, 0) is 75.5 Å². The van der Waals surface area contributed by atoms with E-state index in [1.54, 1.807) is 13.2 Å². The first kappa shape index (κ1) is 16.3. The van der Waals surface area contributed by atoms with Crippen LogP contribution in [0.2, 0.25) is 0 Å². The summed E-state index contributed by atoms with van der Waals surface area (Å²) in [6.45, 7) is 0. The van der Waals surface area contributed by atoms with E-state index in [1.807, 2.05) is 36.4 Å². The Kier molecular flexibility index (Phi) is 4.87. The second-order valence-electron chi connectivity index (χ2n) is 4.78. The van der Waals surface area contributed by atoms with E-state index in [0.29, 0.717) is 11.4 Å². The lowest BCUT2D eigenvalue weighted by atomic mass is 10.1. The van der Waals surface area contributed by atoms with E-state index in [4.69, 9.17) is 4.74 Å². The Balaban J connectivity index is 2.12. The Morgan fingerprint density at radius 3 is 2.70 bits per heavy atom. The van der Waals surface area contributed by atoms with Crippen molar-refractivity contribution in [3.63, 3.8) is 0 Å². The number of rotatable bonds is 3. The van der Waals surface area contributed by atoms with Crippen LogP contribution in [0.15, 0.2) is 36.4 Å². The number of nitriles is 1. The molecule has 0 saturated heterocycles. The fraction of sp³-hybridized carbons (Fsp3) is 0.0588. The Morgan fingerprint density at radius 2 is 2.00 bits per heavy atom. The lowest BCUT2D eigenvalue weighted by molar-refractivity contribution is 0.413. The SMILES string of the molecule is COc1cc(I)c(I)cc1C=C(C#N)c1nc2ccccc2[nH]1.